The van der Waals surface area contributed by atoms with Crippen LogP contribution in [-0.2, 0) is 24.2 Å². The highest BCUT2D eigenvalue weighted by Crippen LogP contribution is 2.68. The van der Waals surface area contributed by atoms with E-state index in [9.17, 15) is 23.1 Å². The number of nitrogens with one attached hydrogen (secondary N) is 1. The van der Waals surface area contributed by atoms with Gasteiger partial charge in [0, 0.05) is 6.42 Å². The topological polar surface area (TPSA) is 150 Å². The van der Waals surface area contributed by atoms with E-state index in [0.717, 1.165) is 38.5 Å². The molecule has 0 bridgehead atoms. The molecule has 0 radical (unpaired) electrons. The minimum atomic E-state index is -4.48. The quantitative estimate of drug-likeness (QED) is 0.349. The van der Waals surface area contributed by atoms with Gasteiger partial charge in [-0.2, -0.15) is 8.42 Å². The van der Waals surface area contributed by atoms with Gasteiger partial charge < -0.3 is 15.5 Å². The second-order valence-corrected chi connectivity index (χ2v) is 13.7. The number of hydrogen-bond acceptors (Lipinski definition) is 6. The Morgan fingerprint density at radius 1 is 1.06 bits per heavy atom. The zero-order valence-electron chi connectivity index (χ0n) is 21.7. The van der Waals surface area contributed by atoms with Crippen molar-refractivity contribution >= 4 is 22.3 Å². The summed E-state index contributed by atoms with van der Waals surface area (Å²) in [5, 5.41) is 22.7. The summed E-state index contributed by atoms with van der Waals surface area (Å²) in [6.07, 6.45) is 6.98. The van der Waals surface area contributed by atoms with Crippen LogP contribution in [0.3, 0.4) is 0 Å². The fourth-order valence-corrected chi connectivity index (χ4v) is 9.76. The van der Waals surface area contributed by atoms with E-state index in [1.165, 1.54) is 0 Å². The lowest BCUT2D eigenvalue weighted by Crippen LogP contribution is -2.58. The van der Waals surface area contributed by atoms with Crippen LogP contribution in [0.5, 0.6) is 0 Å². The van der Waals surface area contributed by atoms with Gasteiger partial charge in [0.2, 0.25) is 5.91 Å². The fraction of sp³-hybridized carbons (Fsp3) is 0.923. The van der Waals surface area contributed by atoms with E-state index in [-0.39, 0.29) is 35.1 Å². The number of amides is 1. The molecule has 4 unspecified atom stereocenters. The first-order valence-electron chi connectivity index (χ1n) is 13.6. The number of aliphatic hydroxyl groups excluding tert-OH is 1. The third kappa shape index (κ3) is 5.33. The highest BCUT2D eigenvalue weighted by molar-refractivity contribution is 7.80. The van der Waals surface area contributed by atoms with Crippen LogP contribution in [0.2, 0.25) is 0 Å². The number of carbonyl (C=O) groups excluding carboxylic acids is 1. The number of rotatable bonds is 8. The predicted molar refractivity (Wildman–Crippen MR) is 132 cm³/mol. The van der Waals surface area contributed by atoms with Gasteiger partial charge in [-0.05, 0) is 104 Å². The van der Waals surface area contributed by atoms with Crippen molar-refractivity contribution < 1.29 is 37.0 Å². The molecule has 1 amide bonds. The van der Waals surface area contributed by atoms with E-state index in [4.69, 9.17) is 13.8 Å². The second kappa shape index (κ2) is 10.2. The minimum Gasteiger partial charge on any atom is -0.480 e. The number of aliphatic carboxylic acids is 1. The molecule has 36 heavy (non-hydrogen) atoms. The van der Waals surface area contributed by atoms with E-state index in [1.807, 2.05) is 0 Å². The highest BCUT2D eigenvalue weighted by Gasteiger charge is 2.63. The third-order valence-corrected chi connectivity index (χ3v) is 11.4. The molecule has 0 aromatic rings. The zero-order valence-corrected chi connectivity index (χ0v) is 22.5. The van der Waals surface area contributed by atoms with Crippen LogP contribution in [0.4, 0.5) is 0 Å². The lowest BCUT2D eigenvalue weighted by atomic mass is 9.43. The third-order valence-electron chi connectivity index (χ3n) is 10.9. The normalized spacial score (nSPS) is 43.1. The molecule has 4 aliphatic rings. The van der Waals surface area contributed by atoms with Gasteiger partial charge in [-0.25, -0.2) is 4.18 Å². The van der Waals surface area contributed by atoms with Gasteiger partial charge in [0.25, 0.3) is 0 Å². The molecule has 4 saturated carbocycles. The Balaban J connectivity index is 1.43. The molecule has 4 fully saturated rings. The second-order valence-electron chi connectivity index (χ2n) is 12.6. The van der Waals surface area contributed by atoms with Crippen molar-refractivity contribution in [3.05, 3.63) is 0 Å². The summed E-state index contributed by atoms with van der Waals surface area (Å²) in [5.41, 5.74) is 0.129. The van der Waals surface area contributed by atoms with E-state index in [2.05, 4.69) is 26.1 Å². The van der Waals surface area contributed by atoms with E-state index >= 15 is 0 Å². The van der Waals surface area contributed by atoms with E-state index in [1.54, 1.807) is 0 Å². The lowest BCUT2D eigenvalue weighted by molar-refractivity contribution is -0.172. The van der Waals surface area contributed by atoms with Crippen molar-refractivity contribution in [1.29, 1.82) is 0 Å². The van der Waals surface area contributed by atoms with Crippen LogP contribution in [0.15, 0.2) is 0 Å². The zero-order chi connectivity index (χ0) is 26.5. The van der Waals surface area contributed by atoms with Crippen LogP contribution in [0, 0.1) is 46.3 Å². The molecule has 0 heterocycles. The Morgan fingerprint density at radius 2 is 1.72 bits per heavy atom. The number of aliphatic hydroxyl groups is 1. The first-order chi connectivity index (χ1) is 16.7. The van der Waals surface area contributed by atoms with E-state index in [0.29, 0.717) is 49.4 Å². The Morgan fingerprint density at radius 3 is 2.39 bits per heavy atom. The number of carboxylic acids is 1. The number of carbonyl (C=O) groups is 2. The van der Waals surface area contributed by atoms with Gasteiger partial charge in [0.05, 0.1) is 12.2 Å². The molecule has 4 rings (SSSR count). The maximum absolute atomic E-state index is 12.1. The SMILES string of the molecule is C[C@H](CCC(=O)NCC(=O)O)[C@H]1CCC2C3C(O)C[C@@H]4C[C@H](OS(=O)(=O)O)CC[C@]4(C)C3CC[C@@]21C. The Bertz CT molecular complexity index is 956. The van der Waals surface area contributed by atoms with E-state index < -0.39 is 28.6 Å². The standard InChI is InChI=1S/C26H43NO8S/c1-15(4-7-22(29)27-14-23(30)31)18-5-6-19-24-20(9-11-26(18,19)3)25(2)10-8-17(35-36(32,33)34)12-16(25)13-21(24)28/h15-21,24,28H,4-14H2,1-3H3,(H,27,29)(H,30,31)(H,32,33,34)/t15-,16+,17-,18-,19?,20?,21?,24?,25+,26-/m1/s1. The summed E-state index contributed by atoms with van der Waals surface area (Å²) >= 11 is 0. The summed E-state index contributed by atoms with van der Waals surface area (Å²) in [5.74, 6) is 0.732. The molecule has 10 heteroatoms. The Kier molecular flexibility index (Phi) is 7.84. The van der Waals surface area contributed by atoms with Crippen LogP contribution >= 0.6 is 0 Å². The van der Waals surface area contributed by atoms with Crippen LogP contribution in [0.1, 0.15) is 85.0 Å². The average molecular weight is 530 g/mol. The molecule has 4 N–H and O–H groups in total. The van der Waals surface area contributed by atoms with Crippen molar-refractivity contribution in [2.24, 2.45) is 46.3 Å². The largest absolute Gasteiger partial charge is 0.480 e. The lowest BCUT2D eigenvalue weighted by Gasteiger charge is -2.62. The van der Waals surface area contributed by atoms with Crippen LogP contribution in [0.25, 0.3) is 0 Å². The molecule has 0 aliphatic heterocycles. The average Bonchev–Trinajstić information content (AvgIpc) is 3.13. The van der Waals surface area contributed by atoms with Gasteiger partial charge in [0.1, 0.15) is 6.54 Å². The number of fused-ring (bicyclic) bond motifs is 5. The molecule has 10 atom stereocenters. The smallest absolute Gasteiger partial charge is 0.397 e. The van der Waals surface area contributed by atoms with Gasteiger partial charge in [-0.15, -0.1) is 0 Å². The molecular weight excluding hydrogens is 486 g/mol. The van der Waals surface area contributed by atoms with Crippen molar-refractivity contribution in [2.45, 2.75) is 97.2 Å². The highest BCUT2D eigenvalue weighted by atomic mass is 32.3. The molecule has 0 aromatic heterocycles. The molecule has 9 nitrogen and oxygen atoms in total. The summed E-state index contributed by atoms with van der Waals surface area (Å²) in [6.45, 7) is 6.56. The van der Waals surface area contributed by atoms with Gasteiger partial charge in [0.15, 0.2) is 0 Å². The fourth-order valence-electron chi connectivity index (χ4n) is 9.24. The number of carboxylic acid groups (broad SMARTS) is 1. The Hall–Kier alpha value is -1.23. The molecule has 4 aliphatic carbocycles. The maximum Gasteiger partial charge on any atom is 0.397 e. The van der Waals surface area contributed by atoms with Crippen LogP contribution in [-0.4, -0.2) is 53.8 Å². The summed E-state index contributed by atoms with van der Waals surface area (Å²) < 4.78 is 36.6. The Labute approximate surface area is 214 Å². The minimum absolute atomic E-state index is 0.0240. The van der Waals surface area contributed by atoms with Gasteiger partial charge in [-0.1, -0.05) is 20.8 Å². The van der Waals surface area contributed by atoms with Crippen molar-refractivity contribution in [1.82, 2.24) is 5.32 Å². The summed E-state index contributed by atoms with van der Waals surface area (Å²) in [6, 6.07) is 0. The number of hydrogen-bond donors (Lipinski definition) is 4. The summed E-state index contributed by atoms with van der Waals surface area (Å²) in [7, 11) is -4.48. The van der Waals surface area contributed by atoms with Crippen molar-refractivity contribution in [3.63, 3.8) is 0 Å². The maximum atomic E-state index is 12.1. The van der Waals surface area contributed by atoms with Gasteiger partial charge >= 0.3 is 16.4 Å². The summed E-state index contributed by atoms with van der Waals surface area (Å²) in [4.78, 5) is 22.8. The monoisotopic (exact) mass is 529 g/mol. The van der Waals surface area contributed by atoms with Crippen LogP contribution < -0.4 is 5.32 Å². The predicted octanol–water partition coefficient (Wildman–Crippen LogP) is 3.42. The molecule has 0 aromatic carbocycles. The van der Waals surface area contributed by atoms with Crippen molar-refractivity contribution in [3.8, 4) is 0 Å². The van der Waals surface area contributed by atoms with Gasteiger partial charge in [-0.3, -0.25) is 14.1 Å². The van der Waals surface area contributed by atoms with Crippen molar-refractivity contribution in [2.75, 3.05) is 6.54 Å². The first kappa shape index (κ1) is 27.8. The molecule has 0 saturated heterocycles. The molecular formula is C26H43NO8S. The molecule has 206 valence electrons. The molecule has 0 spiro atoms. The first-order valence-corrected chi connectivity index (χ1v) is 14.9.